The molecule has 4 aliphatic rings. The number of phenols is 1. The molecule has 3 atom stereocenters. The van der Waals surface area contributed by atoms with E-state index in [0.717, 1.165) is 0 Å². The van der Waals surface area contributed by atoms with Crippen LogP contribution in [0, 0.1) is 5.82 Å². The molecule has 6 rings (SSSR count). The van der Waals surface area contributed by atoms with Gasteiger partial charge in [-0.15, -0.1) is 0 Å². The molecule has 2 N–H and O–H groups in total. The maximum atomic E-state index is 15.1. The summed E-state index contributed by atoms with van der Waals surface area (Å²) in [5.74, 6) is -1.65. The van der Waals surface area contributed by atoms with Crippen molar-refractivity contribution in [2.45, 2.75) is 37.4 Å². The van der Waals surface area contributed by atoms with Crippen LogP contribution in [0.4, 0.5) is 4.39 Å². The lowest BCUT2D eigenvalue weighted by atomic mass is 9.83. The van der Waals surface area contributed by atoms with Crippen LogP contribution in [0.25, 0.3) is 11.3 Å². The van der Waals surface area contributed by atoms with Crippen molar-refractivity contribution in [3.63, 3.8) is 0 Å². The van der Waals surface area contributed by atoms with Gasteiger partial charge in [0.2, 0.25) is 11.8 Å². The van der Waals surface area contributed by atoms with Crippen LogP contribution in [0.1, 0.15) is 41.9 Å². The number of amides is 3. The van der Waals surface area contributed by atoms with Gasteiger partial charge in [0.15, 0.2) is 5.75 Å². The van der Waals surface area contributed by atoms with Crippen molar-refractivity contribution in [3.8, 4) is 22.8 Å². The molecular weight excluding hydrogens is 541 g/mol. The van der Waals surface area contributed by atoms with Crippen LogP contribution in [-0.4, -0.2) is 93.4 Å². The highest BCUT2D eigenvalue weighted by molar-refractivity contribution is 6.35. The Hall–Kier alpha value is -3.70. The second-order valence-corrected chi connectivity index (χ2v) is 11.1. The molecule has 1 aromatic heterocycles. The van der Waals surface area contributed by atoms with E-state index in [0.29, 0.717) is 32.5 Å². The third kappa shape index (κ3) is 3.94. The smallest absolute Gasteiger partial charge is 0.260 e. The first-order chi connectivity index (χ1) is 19.2. The third-order valence-corrected chi connectivity index (χ3v) is 8.91. The molecule has 12 heteroatoms. The molecule has 3 fully saturated rings. The highest BCUT2D eigenvalue weighted by Crippen LogP contribution is 2.49. The lowest BCUT2D eigenvalue weighted by Crippen LogP contribution is -2.60. The molecule has 0 spiro atoms. The number of hydrogen-bond acceptors (Lipinski definition) is 7. The lowest BCUT2D eigenvalue weighted by molar-refractivity contribution is -0.133. The zero-order valence-electron chi connectivity index (χ0n) is 22.0. The molecule has 2 unspecified atom stereocenters. The summed E-state index contributed by atoms with van der Waals surface area (Å²) < 4.78 is 21.3. The van der Waals surface area contributed by atoms with Gasteiger partial charge >= 0.3 is 0 Å². The Labute approximate surface area is 235 Å². The van der Waals surface area contributed by atoms with Crippen molar-refractivity contribution in [1.82, 2.24) is 25.0 Å². The van der Waals surface area contributed by atoms with Gasteiger partial charge in [-0.2, -0.15) is 0 Å². The number of pyridine rings is 1. The van der Waals surface area contributed by atoms with Gasteiger partial charge in [-0.3, -0.25) is 14.4 Å². The van der Waals surface area contributed by atoms with Gasteiger partial charge in [0.25, 0.3) is 5.91 Å². The van der Waals surface area contributed by atoms with E-state index in [1.165, 1.54) is 24.3 Å². The minimum Gasteiger partial charge on any atom is -0.507 e. The van der Waals surface area contributed by atoms with E-state index in [1.807, 2.05) is 11.8 Å². The molecule has 0 aliphatic carbocycles. The molecule has 1 aromatic carbocycles. The minimum absolute atomic E-state index is 0.0201. The standard InChI is InChI=1S/C28H29ClFN5O5/c1-3-18(37)33-11-12-34-15(13-33)14-40-25-21(27(34)39)24(26-28(2)8-7-19(38)35(28)10-9-31-26)32-23(22(25)29)20-16(30)5-4-6-17(20)36/h3-6,15,26,31,36H,1,7-14H2,2H3/t15-,26?,28?/m1/s1. The highest BCUT2D eigenvalue weighted by Gasteiger charge is 2.52. The van der Waals surface area contributed by atoms with Crippen molar-refractivity contribution in [2.75, 3.05) is 39.3 Å². The quantitative estimate of drug-likeness (QED) is 0.546. The molecule has 2 aromatic rings. The minimum atomic E-state index is -0.739. The number of carbonyl (C=O) groups is 3. The van der Waals surface area contributed by atoms with E-state index in [1.54, 1.807) is 9.80 Å². The van der Waals surface area contributed by atoms with Gasteiger partial charge in [0, 0.05) is 39.1 Å². The number of benzene rings is 1. The fourth-order valence-corrected chi connectivity index (χ4v) is 6.75. The summed E-state index contributed by atoms with van der Waals surface area (Å²) >= 11 is 6.82. The van der Waals surface area contributed by atoms with Crippen LogP contribution >= 0.6 is 11.6 Å². The van der Waals surface area contributed by atoms with Gasteiger partial charge in [-0.05, 0) is 31.6 Å². The van der Waals surface area contributed by atoms with Crippen LogP contribution in [0.15, 0.2) is 30.9 Å². The summed E-state index contributed by atoms with van der Waals surface area (Å²) in [6.45, 7) is 7.34. The maximum Gasteiger partial charge on any atom is 0.260 e. The zero-order chi connectivity index (χ0) is 28.3. The number of aromatic hydroxyl groups is 1. The number of rotatable bonds is 3. The van der Waals surface area contributed by atoms with Crippen molar-refractivity contribution in [3.05, 3.63) is 53.0 Å². The Kier molecular flexibility index (Phi) is 6.46. The number of nitrogens with zero attached hydrogens (tertiary/aromatic N) is 4. The normalized spacial score (nSPS) is 26.0. The second kappa shape index (κ2) is 9.74. The third-order valence-electron chi connectivity index (χ3n) is 8.56. The number of phenolic OH excluding ortho intramolecular Hbond substituents is 1. The number of fused-ring (bicyclic) bond motifs is 3. The highest BCUT2D eigenvalue weighted by atomic mass is 35.5. The van der Waals surface area contributed by atoms with E-state index in [2.05, 4.69) is 11.9 Å². The summed E-state index contributed by atoms with van der Waals surface area (Å²) in [7, 11) is 0. The average Bonchev–Trinajstić information content (AvgIpc) is 3.17. The van der Waals surface area contributed by atoms with Gasteiger partial charge in [0.05, 0.1) is 34.6 Å². The number of carbonyl (C=O) groups excluding carboxylic acids is 3. The number of nitrogens with one attached hydrogen (secondary N) is 1. The van der Waals surface area contributed by atoms with Crippen molar-refractivity contribution < 1.29 is 28.6 Å². The molecule has 10 nitrogen and oxygen atoms in total. The van der Waals surface area contributed by atoms with Crippen molar-refractivity contribution in [1.29, 1.82) is 0 Å². The van der Waals surface area contributed by atoms with E-state index in [-0.39, 0.29) is 76.5 Å². The largest absolute Gasteiger partial charge is 0.507 e. The summed E-state index contributed by atoms with van der Waals surface area (Å²) in [6.07, 6.45) is 2.13. The van der Waals surface area contributed by atoms with E-state index < -0.39 is 23.4 Å². The van der Waals surface area contributed by atoms with Crippen LogP contribution in [0.5, 0.6) is 11.5 Å². The fourth-order valence-electron chi connectivity index (χ4n) is 6.47. The first-order valence-corrected chi connectivity index (χ1v) is 13.6. The Morgan fingerprint density at radius 3 is 2.85 bits per heavy atom. The Bertz CT molecular complexity index is 1430. The first kappa shape index (κ1) is 26.5. The van der Waals surface area contributed by atoms with E-state index in [9.17, 15) is 19.5 Å². The topological polar surface area (TPSA) is 115 Å². The van der Waals surface area contributed by atoms with Gasteiger partial charge in [-0.1, -0.05) is 24.2 Å². The summed E-state index contributed by atoms with van der Waals surface area (Å²) in [6, 6.07) is 2.82. The Morgan fingerprint density at radius 1 is 1.30 bits per heavy atom. The van der Waals surface area contributed by atoms with Gasteiger partial charge < -0.3 is 29.9 Å². The van der Waals surface area contributed by atoms with Gasteiger partial charge in [0.1, 0.15) is 28.8 Å². The predicted octanol–water partition coefficient (Wildman–Crippen LogP) is 2.50. The Balaban J connectivity index is 1.54. The number of aromatic nitrogens is 1. The lowest BCUT2D eigenvalue weighted by Gasteiger charge is -2.46. The molecule has 4 aliphatic heterocycles. The molecule has 210 valence electrons. The fraction of sp³-hybridized carbons (Fsp3) is 0.429. The van der Waals surface area contributed by atoms with E-state index in [4.69, 9.17) is 21.3 Å². The molecule has 3 saturated heterocycles. The monoisotopic (exact) mass is 569 g/mol. The predicted molar refractivity (Wildman–Crippen MR) is 143 cm³/mol. The number of hydrogen-bond donors (Lipinski definition) is 2. The average molecular weight is 570 g/mol. The maximum absolute atomic E-state index is 15.1. The molecule has 5 heterocycles. The van der Waals surface area contributed by atoms with Crippen LogP contribution < -0.4 is 10.1 Å². The molecular formula is C28H29ClFN5O5. The number of halogens is 2. The van der Waals surface area contributed by atoms with Crippen LogP contribution in [-0.2, 0) is 9.59 Å². The molecule has 3 amide bonds. The Morgan fingerprint density at radius 2 is 2.10 bits per heavy atom. The van der Waals surface area contributed by atoms with Crippen molar-refractivity contribution >= 4 is 29.3 Å². The molecule has 40 heavy (non-hydrogen) atoms. The summed E-state index contributed by atoms with van der Waals surface area (Å²) in [5, 5.41) is 14.0. The number of piperazine rings is 2. The zero-order valence-corrected chi connectivity index (χ0v) is 22.7. The summed E-state index contributed by atoms with van der Waals surface area (Å²) in [5.41, 5.74) is -0.573. The van der Waals surface area contributed by atoms with Crippen molar-refractivity contribution in [2.24, 2.45) is 0 Å². The van der Waals surface area contributed by atoms with Crippen LogP contribution in [0.3, 0.4) is 0 Å². The molecule has 0 saturated carbocycles. The first-order valence-electron chi connectivity index (χ1n) is 13.3. The van der Waals surface area contributed by atoms with Crippen LogP contribution in [0.2, 0.25) is 5.02 Å². The van der Waals surface area contributed by atoms with E-state index >= 15 is 4.39 Å². The van der Waals surface area contributed by atoms with Gasteiger partial charge in [-0.25, -0.2) is 9.37 Å². The summed E-state index contributed by atoms with van der Waals surface area (Å²) in [4.78, 5) is 49.2. The molecule has 0 bridgehead atoms. The number of ether oxygens (including phenoxy) is 1. The molecule has 0 radical (unpaired) electrons. The SMILES string of the molecule is C=CC(=O)N1CCN2C(=O)c3c(C4NCCN5C(=O)CCC45C)nc(-c4c(O)cccc4F)c(Cl)c3OC[C@H]2C1. The second-order valence-electron chi connectivity index (χ2n) is 10.7.